The van der Waals surface area contributed by atoms with Crippen LogP contribution in [0.15, 0.2) is 35.3 Å². The predicted molar refractivity (Wildman–Crippen MR) is 80.3 cm³/mol. The molecule has 3 rings (SSSR count). The second kappa shape index (κ2) is 5.69. The van der Waals surface area contributed by atoms with Gasteiger partial charge < -0.3 is 15.4 Å². The first-order valence-electron chi connectivity index (χ1n) is 7.26. The van der Waals surface area contributed by atoms with Crippen LogP contribution in [-0.4, -0.2) is 28.1 Å². The van der Waals surface area contributed by atoms with Crippen molar-refractivity contribution in [1.29, 1.82) is 0 Å². The summed E-state index contributed by atoms with van der Waals surface area (Å²) in [6, 6.07) is 6.82. The summed E-state index contributed by atoms with van der Waals surface area (Å²) in [5.41, 5.74) is 0.510. The van der Waals surface area contributed by atoms with Crippen molar-refractivity contribution < 1.29 is 9.90 Å². The molecule has 21 heavy (non-hydrogen) atoms. The molecule has 110 valence electrons. The van der Waals surface area contributed by atoms with Crippen LogP contribution in [0.3, 0.4) is 0 Å². The summed E-state index contributed by atoms with van der Waals surface area (Å²) in [6.07, 6.45) is 4.31. The number of carbonyl (C=O) groups excluding carboxylic acids is 1. The molecule has 0 saturated heterocycles. The van der Waals surface area contributed by atoms with Crippen molar-refractivity contribution in [3.8, 4) is 0 Å². The lowest BCUT2D eigenvalue weighted by atomic mass is 9.92. The van der Waals surface area contributed by atoms with E-state index in [1.165, 1.54) is 6.20 Å². The number of benzene rings is 1. The molecule has 1 amide bonds. The van der Waals surface area contributed by atoms with Crippen LogP contribution >= 0.6 is 0 Å². The van der Waals surface area contributed by atoms with Crippen LogP contribution in [0.1, 0.15) is 36.0 Å². The van der Waals surface area contributed by atoms with Gasteiger partial charge in [0.25, 0.3) is 5.91 Å². The highest BCUT2D eigenvalue weighted by molar-refractivity contribution is 5.97. The molecule has 5 heteroatoms. The molecule has 1 aliphatic rings. The Kier molecular flexibility index (Phi) is 3.75. The van der Waals surface area contributed by atoms with Crippen molar-refractivity contribution in [2.45, 2.75) is 37.8 Å². The molecule has 1 saturated carbocycles. The van der Waals surface area contributed by atoms with E-state index in [4.69, 9.17) is 0 Å². The Morgan fingerprint density at radius 2 is 2.00 bits per heavy atom. The Balaban J connectivity index is 1.88. The molecule has 1 unspecified atom stereocenters. The van der Waals surface area contributed by atoms with E-state index in [0.717, 1.165) is 19.3 Å². The van der Waals surface area contributed by atoms with E-state index < -0.39 is 12.0 Å². The number of rotatable bonds is 2. The van der Waals surface area contributed by atoms with Crippen LogP contribution in [0, 0.1) is 0 Å². The number of aromatic amines is 1. The van der Waals surface area contributed by atoms with E-state index in [1.807, 2.05) is 6.07 Å². The molecule has 1 aliphatic carbocycles. The van der Waals surface area contributed by atoms with Gasteiger partial charge in [0, 0.05) is 17.1 Å². The number of nitrogens with one attached hydrogen (secondary N) is 2. The van der Waals surface area contributed by atoms with Crippen molar-refractivity contribution in [2.24, 2.45) is 0 Å². The molecule has 3 N–H and O–H groups in total. The SMILES string of the molecule is O=C(NC1CCCC[C@@H]1O)c1c[nH]c2ccccc2c1=O. The third-order valence-corrected chi connectivity index (χ3v) is 4.08. The maximum absolute atomic E-state index is 12.3. The van der Waals surface area contributed by atoms with E-state index in [0.29, 0.717) is 17.3 Å². The summed E-state index contributed by atoms with van der Waals surface area (Å²) in [4.78, 5) is 27.6. The van der Waals surface area contributed by atoms with Gasteiger partial charge in [-0.25, -0.2) is 0 Å². The molecule has 0 spiro atoms. The highest BCUT2D eigenvalue weighted by Crippen LogP contribution is 2.18. The number of amides is 1. The molecule has 1 fully saturated rings. The van der Waals surface area contributed by atoms with Gasteiger partial charge >= 0.3 is 0 Å². The number of pyridine rings is 1. The van der Waals surface area contributed by atoms with Crippen molar-refractivity contribution in [1.82, 2.24) is 10.3 Å². The predicted octanol–water partition coefficient (Wildman–Crippen LogP) is 1.56. The number of aliphatic hydroxyl groups excluding tert-OH is 1. The topological polar surface area (TPSA) is 82.2 Å². The maximum Gasteiger partial charge on any atom is 0.257 e. The molecular weight excluding hydrogens is 268 g/mol. The molecule has 1 heterocycles. The van der Waals surface area contributed by atoms with Gasteiger partial charge in [0.05, 0.1) is 12.1 Å². The molecule has 0 aliphatic heterocycles. The molecule has 1 aromatic carbocycles. The Hall–Kier alpha value is -2.14. The van der Waals surface area contributed by atoms with Crippen LogP contribution in [0.2, 0.25) is 0 Å². The fourth-order valence-corrected chi connectivity index (χ4v) is 2.86. The van der Waals surface area contributed by atoms with Gasteiger partial charge in [-0.05, 0) is 25.0 Å². The minimum absolute atomic E-state index is 0.0893. The van der Waals surface area contributed by atoms with Gasteiger partial charge in [-0.15, -0.1) is 0 Å². The molecular formula is C16H18N2O3. The first-order valence-corrected chi connectivity index (χ1v) is 7.26. The molecule has 0 bridgehead atoms. The van der Waals surface area contributed by atoms with Crippen LogP contribution in [0.4, 0.5) is 0 Å². The summed E-state index contributed by atoms with van der Waals surface area (Å²) in [5, 5.41) is 13.2. The summed E-state index contributed by atoms with van der Waals surface area (Å²) in [7, 11) is 0. The molecule has 1 aromatic heterocycles. The lowest BCUT2D eigenvalue weighted by Crippen LogP contribution is -2.46. The normalized spacial score (nSPS) is 22.1. The fraction of sp³-hybridized carbons (Fsp3) is 0.375. The minimum atomic E-state index is -0.526. The number of hydrogen-bond acceptors (Lipinski definition) is 3. The number of H-pyrrole nitrogens is 1. The minimum Gasteiger partial charge on any atom is -0.391 e. The third kappa shape index (κ3) is 2.69. The Morgan fingerprint density at radius 1 is 1.24 bits per heavy atom. The van der Waals surface area contributed by atoms with Crippen LogP contribution in [0.5, 0.6) is 0 Å². The average molecular weight is 286 g/mol. The summed E-state index contributed by atoms with van der Waals surface area (Å²) >= 11 is 0. The van der Waals surface area contributed by atoms with E-state index >= 15 is 0 Å². The first-order chi connectivity index (χ1) is 10.2. The van der Waals surface area contributed by atoms with Crippen LogP contribution in [0.25, 0.3) is 10.9 Å². The molecule has 5 nitrogen and oxygen atoms in total. The number of hydrogen-bond donors (Lipinski definition) is 3. The summed E-state index contributed by atoms with van der Waals surface area (Å²) in [5.74, 6) is -0.423. The summed E-state index contributed by atoms with van der Waals surface area (Å²) < 4.78 is 0. The Bertz CT molecular complexity index is 723. The highest BCUT2D eigenvalue weighted by Gasteiger charge is 2.25. The highest BCUT2D eigenvalue weighted by atomic mass is 16.3. The molecule has 0 radical (unpaired) electrons. The van der Waals surface area contributed by atoms with Gasteiger partial charge in [0.2, 0.25) is 5.43 Å². The number of fused-ring (bicyclic) bond motifs is 1. The molecule has 2 atom stereocenters. The van der Waals surface area contributed by atoms with Crippen molar-refractivity contribution >= 4 is 16.8 Å². The quantitative estimate of drug-likeness (QED) is 0.783. The maximum atomic E-state index is 12.3. The van der Waals surface area contributed by atoms with Crippen molar-refractivity contribution in [3.05, 3.63) is 46.2 Å². The van der Waals surface area contributed by atoms with Gasteiger partial charge in [0.15, 0.2) is 0 Å². The second-order valence-electron chi connectivity index (χ2n) is 5.51. The fourth-order valence-electron chi connectivity index (χ4n) is 2.86. The van der Waals surface area contributed by atoms with Crippen molar-refractivity contribution in [2.75, 3.05) is 0 Å². The zero-order chi connectivity index (χ0) is 14.8. The lowest BCUT2D eigenvalue weighted by molar-refractivity contribution is 0.0716. The number of carbonyl (C=O) groups is 1. The van der Waals surface area contributed by atoms with Crippen LogP contribution in [-0.2, 0) is 0 Å². The standard InChI is InChI=1S/C16H18N2O3/c19-14-8-4-3-7-13(14)18-16(21)11-9-17-12-6-2-1-5-10(12)15(11)20/h1-2,5-6,9,13-14,19H,3-4,7-8H2,(H,17,20)(H,18,21)/t13?,14-/m0/s1. The zero-order valence-electron chi connectivity index (χ0n) is 11.6. The van der Waals surface area contributed by atoms with Gasteiger partial charge in [-0.1, -0.05) is 25.0 Å². The Labute approximate surface area is 122 Å². The van der Waals surface area contributed by atoms with Crippen molar-refractivity contribution in [3.63, 3.8) is 0 Å². The van der Waals surface area contributed by atoms with Gasteiger partial charge in [-0.3, -0.25) is 9.59 Å². The van der Waals surface area contributed by atoms with E-state index in [1.54, 1.807) is 18.2 Å². The Morgan fingerprint density at radius 3 is 2.81 bits per heavy atom. The average Bonchev–Trinajstić information content (AvgIpc) is 2.50. The second-order valence-corrected chi connectivity index (χ2v) is 5.51. The monoisotopic (exact) mass is 286 g/mol. The lowest BCUT2D eigenvalue weighted by Gasteiger charge is -2.28. The van der Waals surface area contributed by atoms with Gasteiger partial charge in [-0.2, -0.15) is 0 Å². The molecule has 2 aromatic rings. The largest absolute Gasteiger partial charge is 0.391 e. The number of aromatic nitrogens is 1. The van der Waals surface area contributed by atoms with E-state index in [9.17, 15) is 14.7 Å². The smallest absolute Gasteiger partial charge is 0.257 e. The number of para-hydroxylation sites is 1. The first kappa shape index (κ1) is 13.8. The van der Waals surface area contributed by atoms with Gasteiger partial charge in [0.1, 0.15) is 5.56 Å². The summed E-state index contributed by atoms with van der Waals surface area (Å²) in [6.45, 7) is 0. The zero-order valence-corrected chi connectivity index (χ0v) is 11.6. The third-order valence-electron chi connectivity index (χ3n) is 4.08. The van der Waals surface area contributed by atoms with E-state index in [-0.39, 0.29) is 17.0 Å². The van der Waals surface area contributed by atoms with Crippen LogP contribution < -0.4 is 10.7 Å². The number of aliphatic hydroxyl groups is 1. The van der Waals surface area contributed by atoms with E-state index in [2.05, 4.69) is 10.3 Å².